The fourth-order valence-electron chi connectivity index (χ4n) is 6.32. The quantitative estimate of drug-likeness (QED) is 0.529. The molecule has 3 atom stereocenters. The lowest BCUT2D eigenvalue weighted by Gasteiger charge is -2.60. The zero-order valence-corrected chi connectivity index (χ0v) is 17.5. The van der Waals surface area contributed by atoms with Crippen LogP contribution in [0.15, 0.2) is 30.3 Å². The minimum atomic E-state index is -0.335. The zero-order chi connectivity index (χ0) is 19.1. The maximum atomic E-state index is 13.0. The largest absolute Gasteiger partial charge is 0.469 e. The highest BCUT2D eigenvalue weighted by Gasteiger charge is 2.57. The summed E-state index contributed by atoms with van der Waals surface area (Å²) in [5, 5.41) is 3.13. The van der Waals surface area contributed by atoms with Gasteiger partial charge in [0.1, 0.15) is 0 Å². The van der Waals surface area contributed by atoms with Crippen molar-refractivity contribution in [2.75, 3.05) is 7.11 Å². The summed E-state index contributed by atoms with van der Waals surface area (Å²) < 4.78 is 5.09. The maximum absolute atomic E-state index is 13.0. The lowest BCUT2D eigenvalue weighted by atomic mass is 9.48. The number of halogens is 1. The minimum Gasteiger partial charge on any atom is -0.469 e. The first kappa shape index (κ1) is 19.0. The van der Waals surface area contributed by atoms with Crippen molar-refractivity contribution < 1.29 is 14.3 Å². The van der Waals surface area contributed by atoms with E-state index in [1.165, 1.54) is 39.2 Å². The number of amides is 1. The fraction of sp³-hybridized carbons (Fsp3) is 0.636. The van der Waals surface area contributed by atoms with Crippen molar-refractivity contribution in [3.63, 3.8) is 0 Å². The van der Waals surface area contributed by atoms with Crippen molar-refractivity contribution in [2.45, 2.75) is 61.7 Å². The molecule has 4 nitrogen and oxygen atoms in total. The van der Waals surface area contributed by atoms with Crippen LogP contribution in [-0.4, -0.2) is 23.3 Å². The first-order chi connectivity index (χ1) is 12.9. The van der Waals surface area contributed by atoms with E-state index in [2.05, 4.69) is 21.2 Å². The summed E-state index contributed by atoms with van der Waals surface area (Å²) in [5.41, 5.74) is 1.07. The van der Waals surface area contributed by atoms with E-state index in [-0.39, 0.29) is 34.1 Å². The Hall–Kier alpha value is -1.36. The molecule has 4 aliphatic carbocycles. The number of hydrogen-bond donors (Lipinski definition) is 1. The van der Waals surface area contributed by atoms with E-state index < -0.39 is 0 Å². The van der Waals surface area contributed by atoms with Crippen molar-refractivity contribution in [2.24, 2.45) is 17.3 Å². The number of alkyl halides is 1. The third-order valence-corrected chi connectivity index (χ3v) is 7.71. The molecule has 146 valence electrons. The third-order valence-electron chi connectivity index (χ3n) is 6.78. The molecule has 1 aromatic rings. The molecule has 1 aromatic carbocycles. The Bertz CT molecular complexity index is 706. The number of carbonyl (C=O) groups excluding carboxylic acids is 2. The molecule has 4 aliphatic rings. The SMILES string of the molecule is COC(=O)C[C@H](NC(=O)CC12C[C@H]3C[C@@H](CC(Br)(C3)C1)C2)c1ccccc1. The van der Waals surface area contributed by atoms with Crippen molar-refractivity contribution in [1.82, 2.24) is 5.32 Å². The molecule has 5 heteroatoms. The van der Waals surface area contributed by atoms with Gasteiger partial charge in [0, 0.05) is 10.7 Å². The molecule has 0 aromatic heterocycles. The van der Waals surface area contributed by atoms with Gasteiger partial charge in [-0.15, -0.1) is 0 Å². The van der Waals surface area contributed by atoms with E-state index in [1.54, 1.807) is 0 Å². The normalized spacial score (nSPS) is 34.9. The van der Waals surface area contributed by atoms with Gasteiger partial charge < -0.3 is 10.1 Å². The van der Waals surface area contributed by atoms with Gasteiger partial charge in [-0.2, -0.15) is 0 Å². The van der Waals surface area contributed by atoms with Crippen molar-refractivity contribution in [3.05, 3.63) is 35.9 Å². The van der Waals surface area contributed by atoms with Crippen LogP contribution < -0.4 is 5.32 Å². The van der Waals surface area contributed by atoms with Crippen LogP contribution in [0.4, 0.5) is 0 Å². The molecule has 1 N–H and O–H groups in total. The lowest BCUT2D eigenvalue weighted by Crippen LogP contribution is -2.54. The summed E-state index contributed by atoms with van der Waals surface area (Å²) in [6, 6.07) is 9.36. The van der Waals surface area contributed by atoms with Crippen LogP contribution in [0.1, 0.15) is 63.0 Å². The Labute approximate surface area is 169 Å². The molecule has 0 aliphatic heterocycles. The molecular formula is C22H28BrNO3. The van der Waals surface area contributed by atoms with Gasteiger partial charge in [0.05, 0.1) is 19.6 Å². The van der Waals surface area contributed by atoms with Crippen LogP contribution in [0.3, 0.4) is 0 Å². The second kappa shape index (κ2) is 7.23. The van der Waals surface area contributed by atoms with Crippen LogP contribution >= 0.6 is 15.9 Å². The Morgan fingerprint density at radius 1 is 1.19 bits per heavy atom. The van der Waals surface area contributed by atoms with E-state index in [0.717, 1.165) is 23.8 Å². The van der Waals surface area contributed by atoms with E-state index >= 15 is 0 Å². The Balaban J connectivity index is 1.46. The van der Waals surface area contributed by atoms with Crippen molar-refractivity contribution in [1.29, 1.82) is 0 Å². The molecule has 4 fully saturated rings. The number of hydrogen-bond acceptors (Lipinski definition) is 3. The summed E-state index contributed by atoms with van der Waals surface area (Å²) in [7, 11) is 1.39. The highest BCUT2D eigenvalue weighted by Crippen LogP contribution is 2.65. The highest BCUT2D eigenvalue weighted by molar-refractivity contribution is 9.10. The van der Waals surface area contributed by atoms with Gasteiger partial charge in [-0.3, -0.25) is 9.59 Å². The standard InChI is InChI=1S/C22H28BrNO3/c1-27-20(26)8-18(17-5-3-2-4-6-17)24-19(25)13-21-9-15-7-16(10-21)12-22(23,11-15)14-21/h2-6,15-16,18H,7-14H2,1H3,(H,24,25)/t15-,16-,18+,21?,22?/m1/s1. The number of benzene rings is 1. The van der Waals surface area contributed by atoms with Crippen molar-refractivity contribution >= 4 is 27.8 Å². The van der Waals surface area contributed by atoms with E-state index in [4.69, 9.17) is 4.74 Å². The second-order valence-electron chi connectivity index (χ2n) is 9.10. The molecule has 0 unspecified atom stereocenters. The first-order valence-electron chi connectivity index (χ1n) is 9.99. The van der Waals surface area contributed by atoms with Gasteiger partial charge in [0.2, 0.25) is 5.91 Å². The average molecular weight is 434 g/mol. The predicted octanol–water partition coefficient (Wildman–Crippen LogP) is 4.53. The topological polar surface area (TPSA) is 55.4 Å². The number of nitrogens with one attached hydrogen (secondary N) is 1. The molecule has 0 saturated heterocycles. The number of methoxy groups -OCH3 is 1. The minimum absolute atomic E-state index is 0.0609. The fourth-order valence-corrected chi connectivity index (χ4v) is 7.83. The van der Waals surface area contributed by atoms with Crippen LogP contribution in [0.5, 0.6) is 0 Å². The molecular weight excluding hydrogens is 406 g/mol. The first-order valence-corrected chi connectivity index (χ1v) is 10.8. The Morgan fingerprint density at radius 2 is 1.85 bits per heavy atom. The summed E-state index contributed by atoms with van der Waals surface area (Å²) in [5.74, 6) is 1.28. The number of ether oxygens (including phenoxy) is 1. The van der Waals surface area contributed by atoms with Gasteiger partial charge in [-0.1, -0.05) is 46.3 Å². The summed E-state index contributed by atoms with van der Waals surface area (Å²) in [6.45, 7) is 0. The molecule has 27 heavy (non-hydrogen) atoms. The maximum Gasteiger partial charge on any atom is 0.307 e. The van der Waals surface area contributed by atoms with E-state index in [9.17, 15) is 9.59 Å². The average Bonchev–Trinajstić information content (AvgIpc) is 2.59. The second-order valence-corrected chi connectivity index (χ2v) is 10.8. The van der Waals surface area contributed by atoms with Crippen molar-refractivity contribution in [3.8, 4) is 0 Å². The number of rotatable bonds is 6. The number of carbonyl (C=O) groups is 2. The lowest BCUT2D eigenvalue weighted by molar-refractivity contribution is -0.141. The third kappa shape index (κ3) is 4.08. The molecule has 0 spiro atoms. The summed E-state index contributed by atoms with van der Waals surface area (Å²) >= 11 is 4.02. The molecule has 1 amide bonds. The Morgan fingerprint density at radius 3 is 2.44 bits per heavy atom. The van der Waals surface area contributed by atoms with E-state index in [0.29, 0.717) is 6.42 Å². The molecule has 0 heterocycles. The molecule has 0 radical (unpaired) electrons. The van der Waals surface area contributed by atoms with Crippen LogP contribution in [0.2, 0.25) is 0 Å². The predicted molar refractivity (Wildman–Crippen MR) is 107 cm³/mol. The van der Waals surface area contributed by atoms with Crippen LogP contribution in [0, 0.1) is 17.3 Å². The van der Waals surface area contributed by atoms with Crippen LogP contribution in [-0.2, 0) is 14.3 Å². The van der Waals surface area contributed by atoms with Gasteiger partial charge >= 0.3 is 5.97 Å². The van der Waals surface area contributed by atoms with E-state index in [1.807, 2.05) is 30.3 Å². The molecule has 5 rings (SSSR count). The smallest absolute Gasteiger partial charge is 0.307 e. The van der Waals surface area contributed by atoms with Gasteiger partial charge in [0.15, 0.2) is 0 Å². The van der Waals surface area contributed by atoms with Gasteiger partial charge in [-0.05, 0) is 61.3 Å². The summed E-state index contributed by atoms with van der Waals surface area (Å²) in [4.78, 5) is 24.9. The number of esters is 1. The van der Waals surface area contributed by atoms with Gasteiger partial charge in [0.25, 0.3) is 0 Å². The molecule has 4 saturated carbocycles. The zero-order valence-electron chi connectivity index (χ0n) is 15.9. The summed E-state index contributed by atoms with van der Waals surface area (Å²) in [6.07, 6.45) is 8.06. The monoisotopic (exact) mass is 433 g/mol. The van der Waals surface area contributed by atoms with Gasteiger partial charge in [-0.25, -0.2) is 0 Å². The highest BCUT2D eigenvalue weighted by atomic mass is 79.9. The van der Waals surface area contributed by atoms with Crippen LogP contribution in [0.25, 0.3) is 0 Å². The molecule has 4 bridgehead atoms. The Kier molecular flexibility index (Phi) is 5.08.